The van der Waals surface area contributed by atoms with E-state index in [1.807, 2.05) is 0 Å². The highest BCUT2D eigenvalue weighted by molar-refractivity contribution is 5.95. The lowest BCUT2D eigenvalue weighted by molar-refractivity contribution is 0.0277. The summed E-state index contributed by atoms with van der Waals surface area (Å²) in [6.45, 7) is 2.22. The molecule has 2 rings (SSSR count). The Morgan fingerprint density at radius 1 is 1.50 bits per heavy atom. The summed E-state index contributed by atoms with van der Waals surface area (Å²) in [7, 11) is 1.45. The van der Waals surface area contributed by atoms with Crippen LogP contribution in [0, 0.1) is 5.82 Å². The van der Waals surface area contributed by atoms with Crippen molar-refractivity contribution in [2.24, 2.45) is 0 Å². The van der Waals surface area contributed by atoms with Crippen LogP contribution in [0.5, 0.6) is 5.75 Å². The predicted octanol–water partition coefficient (Wildman–Crippen LogP) is 2.21. The fourth-order valence-corrected chi connectivity index (χ4v) is 2.66. The molecule has 1 aromatic carbocycles. The van der Waals surface area contributed by atoms with Gasteiger partial charge in [-0.1, -0.05) is 0 Å². The second kappa shape index (κ2) is 6.22. The van der Waals surface area contributed by atoms with Gasteiger partial charge in [0.15, 0.2) is 0 Å². The van der Waals surface area contributed by atoms with Gasteiger partial charge in [0.25, 0.3) is 5.91 Å². The molecule has 1 saturated heterocycles. The molecule has 1 amide bonds. The topological polar surface area (TPSA) is 49.8 Å². The predicted molar refractivity (Wildman–Crippen MR) is 73.3 cm³/mol. The molecule has 0 bridgehead atoms. The van der Waals surface area contributed by atoms with Gasteiger partial charge in [-0.2, -0.15) is 0 Å². The molecule has 0 aliphatic carbocycles. The molecule has 0 aromatic heterocycles. The average molecular weight is 281 g/mol. The van der Waals surface area contributed by atoms with Gasteiger partial charge in [0, 0.05) is 12.6 Å². The molecule has 1 fully saturated rings. The molecule has 110 valence electrons. The Kier molecular flexibility index (Phi) is 4.60. The number of hydrogen-bond donors (Lipinski definition) is 1. The van der Waals surface area contributed by atoms with E-state index in [0.717, 1.165) is 19.3 Å². The summed E-state index contributed by atoms with van der Waals surface area (Å²) in [5.41, 5.74) is 0.0263. The summed E-state index contributed by atoms with van der Waals surface area (Å²) >= 11 is 0. The number of aliphatic hydroxyl groups excluding tert-OH is 1. The molecule has 1 aliphatic heterocycles. The normalized spacial score (nSPS) is 20.6. The number of aliphatic hydroxyl groups is 1. The van der Waals surface area contributed by atoms with Gasteiger partial charge >= 0.3 is 0 Å². The van der Waals surface area contributed by atoms with Crippen molar-refractivity contribution in [1.29, 1.82) is 0 Å². The molecular formula is C15H20FNO3. The van der Waals surface area contributed by atoms with Crippen molar-refractivity contribution in [3.63, 3.8) is 0 Å². The van der Waals surface area contributed by atoms with Crippen molar-refractivity contribution in [3.05, 3.63) is 29.6 Å². The molecule has 0 unspecified atom stereocenters. The average Bonchev–Trinajstić information content (AvgIpc) is 2.46. The maximum absolute atomic E-state index is 14.0. The summed E-state index contributed by atoms with van der Waals surface area (Å²) < 4.78 is 18.9. The maximum Gasteiger partial charge on any atom is 0.257 e. The Balaban J connectivity index is 2.25. The van der Waals surface area contributed by atoms with Crippen LogP contribution >= 0.6 is 0 Å². The van der Waals surface area contributed by atoms with Gasteiger partial charge in [-0.05, 0) is 38.3 Å². The van der Waals surface area contributed by atoms with Gasteiger partial charge in [-0.3, -0.25) is 4.79 Å². The Bertz CT molecular complexity index is 490. The number of nitrogens with zero attached hydrogens (tertiary/aromatic N) is 1. The highest BCUT2D eigenvalue weighted by Gasteiger charge is 2.31. The monoisotopic (exact) mass is 281 g/mol. The van der Waals surface area contributed by atoms with Crippen LogP contribution in [-0.4, -0.2) is 41.7 Å². The summed E-state index contributed by atoms with van der Waals surface area (Å²) in [6.07, 6.45) is 2.00. The van der Waals surface area contributed by atoms with Crippen LogP contribution in [0.1, 0.15) is 36.5 Å². The maximum atomic E-state index is 14.0. The van der Waals surface area contributed by atoms with Crippen LogP contribution in [0.4, 0.5) is 4.39 Å². The Labute approximate surface area is 118 Å². The molecule has 0 spiro atoms. The van der Waals surface area contributed by atoms with Crippen molar-refractivity contribution in [1.82, 2.24) is 4.90 Å². The first-order valence-electron chi connectivity index (χ1n) is 6.87. The first-order chi connectivity index (χ1) is 9.54. The van der Waals surface area contributed by atoms with Crippen molar-refractivity contribution >= 4 is 5.91 Å². The zero-order valence-electron chi connectivity index (χ0n) is 11.8. The van der Waals surface area contributed by atoms with E-state index in [1.165, 1.54) is 19.2 Å². The molecule has 0 saturated carbocycles. The Morgan fingerprint density at radius 2 is 2.25 bits per heavy atom. The van der Waals surface area contributed by atoms with Crippen LogP contribution in [0.2, 0.25) is 0 Å². The minimum absolute atomic E-state index is 0.0263. The second-order valence-corrected chi connectivity index (χ2v) is 5.15. The van der Waals surface area contributed by atoms with E-state index in [1.54, 1.807) is 17.9 Å². The number of methoxy groups -OCH3 is 1. The molecule has 5 heteroatoms. The number of likely N-dealkylation sites (tertiary alicyclic amines) is 1. The van der Waals surface area contributed by atoms with Crippen LogP contribution in [-0.2, 0) is 0 Å². The molecule has 20 heavy (non-hydrogen) atoms. The first-order valence-corrected chi connectivity index (χ1v) is 6.87. The number of halogens is 1. The van der Waals surface area contributed by atoms with Gasteiger partial charge in [0.1, 0.15) is 11.6 Å². The van der Waals surface area contributed by atoms with E-state index in [-0.39, 0.29) is 17.5 Å². The molecule has 1 heterocycles. The largest absolute Gasteiger partial charge is 0.497 e. The number of benzene rings is 1. The lowest BCUT2D eigenvalue weighted by Crippen LogP contribution is -2.49. The van der Waals surface area contributed by atoms with E-state index in [4.69, 9.17) is 4.74 Å². The highest BCUT2D eigenvalue weighted by Crippen LogP contribution is 2.24. The smallest absolute Gasteiger partial charge is 0.257 e. The Hall–Kier alpha value is -1.62. The van der Waals surface area contributed by atoms with Crippen LogP contribution in [0.15, 0.2) is 18.2 Å². The van der Waals surface area contributed by atoms with E-state index < -0.39 is 11.9 Å². The van der Waals surface area contributed by atoms with E-state index >= 15 is 0 Å². The SMILES string of the molecule is COc1ccc(C(=O)N2CCCC[C@H]2[C@H](C)O)c(F)c1. The zero-order valence-corrected chi connectivity index (χ0v) is 11.8. The van der Waals surface area contributed by atoms with Crippen LogP contribution in [0.3, 0.4) is 0 Å². The zero-order chi connectivity index (χ0) is 14.7. The van der Waals surface area contributed by atoms with Crippen LogP contribution in [0.25, 0.3) is 0 Å². The molecule has 2 atom stereocenters. The third kappa shape index (κ3) is 2.93. The third-order valence-corrected chi connectivity index (χ3v) is 3.77. The third-order valence-electron chi connectivity index (χ3n) is 3.77. The summed E-state index contributed by atoms with van der Waals surface area (Å²) in [4.78, 5) is 14.1. The fraction of sp³-hybridized carbons (Fsp3) is 0.533. The number of hydrogen-bond acceptors (Lipinski definition) is 3. The number of amides is 1. The van der Waals surface area contributed by atoms with E-state index in [2.05, 4.69) is 0 Å². The van der Waals surface area contributed by atoms with Gasteiger partial charge in [0.2, 0.25) is 0 Å². The van der Waals surface area contributed by atoms with Crippen molar-refractivity contribution < 1.29 is 19.0 Å². The van der Waals surface area contributed by atoms with Gasteiger partial charge in [-0.25, -0.2) is 4.39 Å². The van der Waals surface area contributed by atoms with Crippen molar-refractivity contribution in [2.75, 3.05) is 13.7 Å². The molecule has 1 aromatic rings. The van der Waals surface area contributed by atoms with Gasteiger partial charge in [-0.15, -0.1) is 0 Å². The number of carbonyl (C=O) groups excluding carboxylic acids is 1. The Morgan fingerprint density at radius 3 is 2.85 bits per heavy atom. The standard InChI is InChI=1S/C15H20FNO3/c1-10(18)14-5-3-4-8-17(14)15(19)12-7-6-11(20-2)9-13(12)16/h6-7,9-10,14,18H,3-5,8H2,1-2H3/t10-,14-/m0/s1. The molecule has 1 aliphatic rings. The second-order valence-electron chi connectivity index (χ2n) is 5.15. The summed E-state index contributed by atoms with van der Waals surface area (Å²) in [5.74, 6) is -0.579. The number of piperidine rings is 1. The van der Waals surface area contributed by atoms with Crippen molar-refractivity contribution in [3.8, 4) is 5.75 Å². The number of rotatable bonds is 3. The van der Waals surface area contributed by atoms with Crippen LogP contribution < -0.4 is 4.74 Å². The highest BCUT2D eigenvalue weighted by atomic mass is 19.1. The number of ether oxygens (including phenoxy) is 1. The summed E-state index contributed by atoms with van der Waals surface area (Å²) in [5, 5.41) is 9.79. The van der Waals surface area contributed by atoms with E-state index in [9.17, 15) is 14.3 Å². The lowest BCUT2D eigenvalue weighted by atomic mass is 9.97. The molecule has 0 radical (unpaired) electrons. The molecular weight excluding hydrogens is 261 g/mol. The first kappa shape index (κ1) is 14.8. The van der Waals surface area contributed by atoms with Crippen molar-refractivity contribution in [2.45, 2.75) is 38.3 Å². The minimum Gasteiger partial charge on any atom is -0.497 e. The van der Waals surface area contributed by atoms with Gasteiger partial charge in [0.05, 0.1) is 24.8 Å². The quantitative estimate of drug-likeness (QED) is 0.924. The minimum atomic E-state index is -0.611. The molecule has 1 N–H and O–H groups in total. The lowest BCUT2D eigenvalue weighted by Gasteiger charge is -2.37. The fourth-order valence-electron chi connectivity index (χ4n) is 2.66. The molecule has 4 nitrogen and oxygen atoms in total. The number of carbonyl (C=O) groups is 1. The summed E-state index contributed by atoms with van der Waals surface area (Å²) in [6, 6.07) is 3.97. The van der Waals surface area contributed by atoms with E-state index in [0.29, 0.717) is 12.3 Å². The van der Waals surface area contributed by atoms with Gasteiger partial charge < -0.3 is 14.7 Å².